The van der Waals surface area contributed by atoms with E-state index in [1.165, 1.54) is 14.0 Å². The van der Waals surface area contributed by atoms with Gasteiger partial charge in [-0.3, -0.25) is 24.5 Å². The highest BCUT2D eigenvalue weighted by molar-refractivity contribution is 5.92. The summed E-state index contributed by atoms with van der Waals surface area (Å²) in [6.07, 6.45) is 2.34. The van der Waals surface area contributed by atoms with Crippen molar-refractivity contribution >= 4 is 29.7 Å². The number of aromatic nitrogens is 2. The molecule has 0 fully saturated rings. The van der Waals surface area contributed by atoms with Crippen LogP contribution < -0.4 is 16.0 Å². The number of hydrogen-bond acceptors (Lipinski definition) is 10. The lowest BCUT2D eigenvalue weighted by molar-refractivity contribution is -0.154. The van der Waals surface area contributed by atoms with Gasteiger partial charge in [-0.25, -0.2) is 9.78 Å². The van der Waals surface area contributed by atoms with E-state index in [0.29, 0.717) is 12.2 Å². The zero-order valence-electron chi connectivity index (χ0n) is 26.4. The van der Waals surface area contributed by atoms with Crippen LogP contribution in [0.5, 0.6) is 0 Å². The van der Waals surface area contributed by atoms with Crippen LogP contribution in [0.1, 0.15) is 72.8 Å². The lowest BCUT2D eigenvalue weighted by atomic mass is 9.96. The fraction of sp³-hybridized carbons (Fsp3) is 0.724. The maximum Gasteiger partial charge on any atom is 0.328 e. The van der Waals surface area contributed by atoms with E-state index in [2.05, 4.69) is 25.7 Å². The van der Waals surface area contributed by atoms with Crippen LogP contribution in [0.15, 0.2) is 6.20 Å². The number of amides is 2. The molecule has 13 nitrogen and oxygen atoms in total. The summed E-state index contributed by atoms with van der Waals surface area (Å²) in [5, 5.41) is 8.74. The smallest absolute Gasteiger partial charge is 0.328 e. The number of carbonyl (C=O) groups excluding carboxylic acids is 5. The predicted molar refractivity (Wildman–Crippen MR) is 155 cm³/mol. The molecule has 0 saturated heterocycles. The van der Waals surface area contributed by atoms with Crippen LogP contribution in [0.3, 0.4) is 0 Å². The van der Waals surface area contributed by atoms with Crippen LogP contribution in [0.2, 0.25) is 0 Å². The third-order valence-corrected chi connectivity index (χ3v) is 7.11. The first-order valence-electron chi connectivity index (χ1n) is 14.5. The Hall–Kier alpha value is -3.48. The van der Waals surface area contributed by atoms with Crippen molar-refractivity contribution in [3.05, 3.63) is 17.7 Å². The van der Waals surface area contributed by atoms with Gasteiger partial charge in [0, 0.05) is 26.2 Å². The summed E-state index contributed by atoms with van der Waals surface area (Å²) >= 11 is 0. The van der Waals surface area contributed by atoms with E-state index in [-0.39, 0.29) is 50.3 Å². The van der Waals surface area contributed by atoms with Gasteiger partial charge < -0.3 is 29.4 Å². The molecule has 0 saturated carbocycles. The molecule has 0 spiro atoms. The highest BCUT2D eigenvalue weighted by Crippen LogP contribution is 2.17. The molecule has 13 heteroatoms. The van der Waals surface area contributed by atoms with Crippen LogP contribution in [0, 0.1) is 17.8 Å². The molecular formula is C29H49N5O8. The number of nitrogens with zero attached hydrogens (tertiary/aromatic N) is 2. The van der Waals surface area contributed by atoms with E-state index in [0.717, 1.165) is 5.69 Å². The Morgan fingerprint density at radius 3 is 2.07 bits per heavy atom. The summed E-state index contributed by atoms with van der Waals surface area (Å²) in [6, 6.07) is -2.35. The quantitative estimate of drug-likeness (QED) is 0.167. The van der Waals surface area contributed by atoms with Crippen molar-refractivity contribution in [1.29, 1.82) is 0 Å². The van der Waals surface area contributed by atoms with Crippen molar-refractivity contribution in [2.45, 2.75) is 92.4 Å². The molecule has 238 valence electrons. The van der Waals surface area contributed by atoms with Crippen LogP contribution in [0.4, 0.5) is 0 Å². The molecule has 0 aliphatic heterocycles. The molecule has 0 radical (unpaired) electrons. The van der Waals surface area contributed by atoms with E-state index in [4.69, 9.17) is 9.47 Å². The molecule has 0 aromatic carbocycles. The van der Waals surface area contributed by atoms with Gasteiger partial charge >= 0.3 is 17.9 Å². The van der Waals surface area contributed by atoms with Gasteiger partial charge in [0.2, 0.25) is 11.8 Å². The second-order valence-corrected chi connectivity index (χ2v) is 10.6. The lowest BCUT2D eigenvalue weighted by Crippen LogP contribution is -2.57. The summed E-state index contributed by atoms with van der Waals surface area (Å²) in [5.41, 5.74) is 0.755. The molecule has 1 aromatic heterocycles. The average Bonchev–Trinajstić information content (AvgIpc) is 3.28. The summed E-state index contributed by atoms with van der Waals surface area (Å²) < 4.78 is 16.7. The molecule has 2 amide bonds. The van der Waals surface area contributed by atoms with Crippen LogP contribution in [-0.2, 0) is 58.2 Å². The third-order valence-electron chi connectivity index (χ3n) is 7.11. The third kappa shape index (κ3) is 11.1. The normalized spacial score (nSPS) is 14.7. The molecule has 5 atom stereocenters. The molecule has 0 aliphatic carbocycles. The van der Waals surface area contributed by atoms with Gasteiger partial charge in [-0.05, 0) is 32.6 Å². The minimum absolute atomic E-state index is 0.119. The van der Waals surface area contributed by atoms with Crippen LogP contribution in [0.25, 0.3) is 0 Å². The molecule has 3 N–H and O–H groups in total. The zero-order chi connectivity index (χ0) is 32.0. The first-order chi connectivity index (χ1) is 19.8. The maximum atomic E-state index is 13.4. The minimum Gasteiger partial charge on any atom is -0.467 e. The molecule has 0 bridgehead atoms. The van der Waals surface area contributed by atoms with Gasteiger partial charge in [0.25, 0.3) is 0 Å². The van der Waals surface area contributed by atoms with Gasteiger partial charge in [-0.15, -0.1) is 0 Å². The maximum absolute atomic E-state index is 13.4. The van der Waals surface area contributed by atoms with Gasteiger partial charge in [0.05, 0.1) is 44.4 Å². The number of methoxy groups -OCH3 is 1. The number of hydrogen-bond donors (Lipinski definition) is 3. The number of esters is 3. The highest BCUT2D eigenvalue weighted by atomic mass is 16.5. The Labute approximate surface area is 248 Å². The van der Waals surface area contributed by atoms with E-state index in [9.17, 15) is 24.0 Å². The standard InChI is InChI=1S/C29H49N5O8/c1-10-18(6)25(27(37)32-19(7)28(38)40-9)33-26(36)24(17(4)5)31-16-21-15-30-22(34(21)8)13-20(29(39)42-12-3)14-23(35)41-11-2/h15,17-20,24-25,31H,10-14,16H2,1-9H3,(H,32,37)(H,33,36)/t18?,19-,20?,24-,25?/m0/s1. The Morgan fingerprint density at radius 1 is 0.905 bits per heavy atom. The predicted octanol–water partition coefficient (Wildman–Crippen LogP) is 1.42. The average molecular weight is 596 g/mol. The monoisotopic (exact) mass is 595 g/mol. The number of rotatable bonds is 18. The fourth-order valence-corrected chi connectivity index (χ4v) is 4.31. The number of nitrogens with one attached hydrogen (secondary N) is 3. The SMILES string of the molecule is CCOC(=O)CC(Cc1ncc(CN[C@H](C(=O)NC(C(=O)N[C@@H](C)C(=O)OC)C(C)CC)C(C)C)n1C)C(=O)OCC. The second-order valence-electron chi connectivity index (χ2n) is 10.6. The largest absolute Gasteiger partial charge is 0.467 e. The topological polar surface area (TPSA) is 167 Å². The Bertz CT molecular complexity index is 1060. The van der Waals surface area contributed by atoms with Gasteiger partial charge in [0.1, 0.15) is 17.9 Å². The molecule has 3 unspecified atom stereocenters. The first kappa shape index (κ1) is 36.5. The van der Waals surface area contributed by atoms with Crippen LogP contribution >= 0.6 is 0 Å². The number of carbonyl (C=O) groups is 5. The second kappa shape index (κ2) is 18.1. The van der Waals surface area contributed by atoms with E-state index in [1.807, 2.05) is 32.3 Å². The minimum atomic E-state index is -0.857. The summed E-state index contributed by atoms with van der Waals surface area (Å²) in [5.74, 6) is -2.85. The van der Waals surface area contributed by atoms with Crippen molar-refractivity contribution in [1.82, 2.24) is 25.5 Å². The Kier molecular flexibility index (Phi) is 15.8. The molecular weight excluding hydrogens is 546 g/mol. The van der Waals surface area contributed by atoms with E-state index in [1.54, 1.807) is 27.1 Å². The van der Waals surface area contributed by atoms with Crippen molar-refractivity contribution in [2.75, 3.05) is 20.3 Å². The molecule has 1 aromatic rings. The van der Waals surface area contributed by atoms with E-state index >= 15 is 0 Å². The number of ether oxygens (including phenoxy) is 3. The Morgan fingerprint density at radius 2 is 1.52 bits per heavy atom. The highest BCUT2D eigenvalue weighted by Gasteiger charge is 2.32. The number of imidazole rings is 1. The molecule has 42 heavy (non-hydrogen) atoms. The first-order valence-corrected chi connectivity index (χ1v) is 14.5. The van der Waals surface area contributed by atoms with Crippen molar-refractivity contribution in [2.24, 2.45) is 24.8 Å². The lowest BCUT2D eigenvalue weighted by Gasteiger charge is -2.28. The fourth-order valence-electron chi connectivity index (χ4n) is 4.31. The van der Waals surface area contributed by atoms with E-state index < -0.39 is 47.9 Å². The van der Waals surface area contributed by atoms with Crippen molar-refractivity contribution in [3.8, 4) is 0 Å². The molecule has 1 heterocycles. The zero-order valence-corrected chi connectivity index (χ0v) is 26.4. The summed E-state index contributed by atoms with van der Waals surface area (Å²) in [4.78, 5) is 67.2. The molecule has 1 rings (SSSR count). The van der Waals surface area contributed by atoms with Crippen molar-refractivity contribution in [3.63, 3.8) is 0 Å². The summed E-state index contributed by atoms with van der Waals surface area (Å²) in [6.45, 7) is 13.2. The Balaban J connectivity index is 3.01. The van der Waals surface area contributed by atoms with Gasteiger partial charge in [0.15, 0.2) is 0 Å². The van der Waals surface area contributed by atoms with Gasteiger partial charge in [-0.1, -0.05) is 34.1 Å². The molecule has 0 aliphatic rings. The van der Waals surface area contributed by atoms with Crippen LogP contribution in [-0.4, -0.2) is 77.7 Å². The summed E-state index contributed by atoms with van der Waals surface area (Å²) in [7, 11) is 3.04. The van der Waals surface area contributed by atoms with Crippen molar-refractivity contribution < 1.29 is 38.2 Å². The van der Waals surface area contributed by atoms with Gasteiger partial charge in [-0.2, -0.15) is 0 Å².